The normalized spacial score (nSPS) is 15.7. The van der Waals surface area contributed by atoms with E-state index in [9.17, 15) is 4.79 Å². The fraction of sp³-hybridized carbons (Fsp3) is 0.391. The number of imidazole rings is 1. The molecule has 1 aliphatic rings. The Morgan fingerprint density at radius 3 is 2.48 bits per heavy atom. The van der Waals surface area contributed by atoms with Crippen molar-refractivity contribution >= 4 is 22.6 Å². The molecule has 1 aliphatic heterocycles. The van der Waals surface area contributed by atoms with E-state index in [1.54, 1.807) is 0 Å². The van der Waals surface area contributed by atoms with Crippen LogP contribution < -0.4 is 5.32 Å². The third-order valence-corrected chi connectivity index (χ3v) is 5.83. The number of likely N-dealkylation sites (N-methyl/N-ethyl adjacent to an activating group) is 1. The second-order valence-corrected chi connectivity index (χ2v) is 7.64. The molecule has 6 nitrogen and oxygen atoms in total. The molecule has 2 heterocycles. The van der Waals surface area contributed by atoms with Crippen molar-refractivity contribution in [1.29, 1.82) is 0 Å². The van der Waals surface area contributed by atoms with E-state index in [0.717, 1.165) is 68.2 Å². The first-order valence-corrected chi connectivity index (χ1v) is 10.4. The monoisotopic (exact) mass is 391 g/mol. The van der Waals surface area contributed by atoms with Crippen molar-refractivity contribution in [1.82, 2.24) is 19.4 Å². The Morgan fingerprint density at radius 1 is 1.03 bits per heavy atom. The molecule has 0 unspecified atom stereocenters. The Bertz CT molecular complexity index is 974. The number of nitrogens with zero attached hydrogens (tertiary/aromatic N) is 4. The maximum Gasteiger partial charge on any atom is 0.255 e. The van der Waals surface area contributed by atoms with Gasteiger partial charge in [-0.2, -0.15) is 0 Å². The number of rotatable bonds is 6. The van der Waals surface area contributed by atoms with Crippen molar-refractivity contribution in [3.8, 4) is 0 Å². The Kier molecular flexibility index (Phi) is 5.92. The van der Waals surface area contributed by atoms with E-state index in [0.29, 0.717) is 5.56 Å². The summed E-state index contributed by atoms with van der Waals surface area (Å²) in [7, 11) is 2.07. The highest BCUT2D eigenvalue weighted by Crippen LogP contribution is 2.21. The lowest BCUT2D eigenvalue weighted by atomic mass is 10.2. The highest BCUT2D eigenvalue weighted by molar-refractivity contribution is 6.04. The molecule has 1 N–H and O–H groups in total. The lowest BCUT2D eigenvalue weighted by Gasteiger charge is -2.33. The zero-order valence-electron chi connectivity index (χ0n) is 17.3. The second-order valence-electron chi connectivity index (χ2n) is 7.64. The summed E-state index contributed by atoms with van der Waals surface area (Å²) in [4.78, 5) is 22.3. The van der Waals surface area contributed by atoms with Crippen molar-refractivity contribution in [3.05, 3.63) is 59.9 Å². The lowest BCUT2D eigenvalue weighted by molar-refractivity contribution is 0.102. The highest BCUT2D eigenvalue weighted by atomic mass is 16.1. The van der Waals surface area contributed by atoms with Gasteiger partial charge in [-0.15, -0.1) is 0 Å². The van der Waals surface area contributed by atoms with E-state index >= 15 is 0 Å². The van der Waals surface area contributed by atoms with Gasteiger partial charge in [-0.1, -0.05) is 25.1 Å². The van der Waals surface area contributed by atoms with Gasteiger partial charge >= 0.3 is 0 Å². The first-order chi connectivity index (χ1) is 14.1. The van der Waals surface area contributed by atoms with Crippen molar-refractivity contribution in [2.45, 2.75) is 13.3 Å². The Labute approximate surface area is 172 Å². The third kappa shape index (κ3) is 4.49. The predicted octanol–water partition coefficient (Wildman–Crippen LogP) is 3.01. The van der Waals surface area contributed by atoms with Crippen molar-refractivity contribution < 1.29 is 4.79 Å². The summed E-state index contributed by atoms with van der Waals surface area (Å²) in [5, 5.41) is 2.97. The standard InChI is InChI=1S/C23H29N5O/c1-3-27-13-15-28(16-14-27)12-11-22-25-20-17-19(9-10-21(20)26(22)2)24-23(29)18-7-5-4-6-8-18/h4-10,17H,3,11-16H2,1-2H3,(H,24,29). The summed E-state index contributed by atoms with van der Waals surface area (Å²) in [5.74, 6) is 0.983. The summed E-state index contributed by atoms with van der Waals surface area (Å²) in [6.45, 7) is 8.98. The van der Waals surface area contributed by atoms with Crippen molar-refractivity contribution in [2.75, 3.05) is 44.6 Å². The first-order valence-electron chi connectivity index (χ1n) is 10.4. The molecule has 1 fully saturated rings. The van der Waals surface area contributed by atoms with Crippen LogP contribution in [0.3, 0.4) is 0 Å². The molecule has 152 valence electrons. The van der Waals surface area contributed by atoms with Gasteiger partial charge in [0.1, 0.15) is 5.82 Å². The largest absolute Gasteiger partial charge is 0.331 e. The van der Waals surface area contributed by atoms with E-state index in [-0.39, 0.29) is 5.91 Å². The number of piperazine rings is 1. The smallest absolute Gasteiger partial charge is 0.255 e. The van der Waals surface area contributed by atoms with Gasteiger partial charge in [-0.05, 0) is 36.9 Å². The zero-order valence-corrected chi connectivity index (χ0v) is 17.3. The van der Waals surface area contributed by atoms with E-state index in [4.69, 9.17) is 4.98 Å². The van der Waals surface area contributed by atoms with Crippen LogP contribution in [-0.2, 0) is 13.5 Å². The van der Waals surface area contributed by atoms with Gasteiger partial charge in [0, 0.05) is 57.4 Å². The molecule has 0 radical (unpaired) electrons. The molecule has 0 spiro atoms. The Balaban J connectivity index is 1.42. The number of aryl methyl sites for hydroxylation is 1. The van der Waals surface area contributed by atoms with Crippen LogP contribution in [0.25, 0.3) is 11.0 Å². The molecule has 29 heavy (non-hydrogen) atoms. The van der Waals surface area contributed by atoms with Gasteiger partial charge in [0.05, 0.1) is 11.0 Å². The summed E-state index contributed by atoms with van der Waals surface area (Å²) < 4.78 is 2.17. The summed E-state index contributed by atoms with van der Waals surface area (Å²) in [5.41, 5.74) is 3.43. The molecular weight excluding hydrogens is 362 g/mol. The molecule has 6 heteroatoms. The predicted molar refractivity (Wildman–Crippen MR) is 117 cm³/mol. The average molecular weight is 392 g/mol. The number of carbonyl (C=O) groups excluding carboxylic acids is 1. The fourth-order valence-electron chi connectivity index (χ4n) is 3.93. The number of aromatic nitrogens is 2. The van der Waals surface area contributed by atoms with Gasteiger partial charge in [0.15, 0.2) is 0 Å². The second kappa shape index (κ2) is 8.76. The number of nitrogens with one attached hydrogen (secondary N) is 1. The van der Waals surface area contributed by atoms with E-state index in [1.807, 2.05) is 48.5 Å². The molecule has 1 amide bonds. The minimum atomic E-state index is -0.104. The quantitative estimate of drug-likeness (QED) is 0.702. The number of anilines is 1. The van der Waals surface area contributed by atoms with Crippen LogP contribution in [0.5, 0.6) is 0 Å². The number of hydrogen-bond donors (Lipinski definition) is 1. The molecule has 1 aromatic heterocycles. The third-order valence-electron chi connectivity index (χ3n) is 5.83. The molecule has 0 aliphatic carbocycles. The fourth-order valence-corrected chi connectivity index (χ4v) is 3.93. The Morgan fingerprint density at radius 2 is 1.76 bits per heavy atom. The van der Waals surface area contributed by atoms with Crippen LogP contribution in [0.15, 0.2) is 48.5 Å². The topological polar surface area (TPSA) is 53.4 Å². The van der Waals surface area contributed by atoms with Crippen LogP contribution in [0.4, 0.5) is 5.69 Å². The molecule has 1 saturated heterocycles. The Hall–Kier alpha value is -2.70. The maximum atomic E-state index is 12.4. The number of amides is 1. The highest BCUT2D eigenvalue weighted by Gasteiger charge is 2.16. The molecule has 0 atom stereocenters. The van der Waals surface area contributed by atoms with Crippen LogP contribution in [-0.4, -0.2) is 64.5 Å². The van der Waals surface area contributed by atoms with Crippen LogP contribution in [0.2, 0.25) is 0 Å². The lowest BCUT2D eigenvalue weighted by Crippen LogP contribution is -2.46. The first kappa shape index (κ1) is 19.6. The van der Waals surface area contributed by atoms with Crippen molar-refractivity contribution in [3.63, 3.8) is 0 Å². The molecule has 0 bridgehead atoms. The maximum absolute atomic E-state index is 12.4. The molecule has 0 saturated carbocycles. The van der Waals surface area contributed by atoms with E-state index in [1.165, 1.54) is 0 Å². The van der Waals surface area contributed by atoms with Gasteiger partial charge in [0.2, 0.25) is 0 Å². The number of fused-ring (bicyclic) bond motifs is 1. The minimum Gasteiger partial charge on any atom is -0.331 e. The van der Waals surface area contributed by atoms with Gasteiger partial charge < -0.3 is 19.7 Å². The zero-order chi connectivity index (χ0) is 20.2. The minimum absolute atomic E-state index is 0.104. The average Bonchev–Trinajstić information content (AvgIpc) is 3.08. The summed E-state index contributed by atoms with van der Waals surface area (Å²) >= 11 is 0. The van der Waals surface area contributed by atoms with Crippen LogP contribution in [0.1, 0.15) is 23.1 Å². The van der Waals surface area contributed by atoms with Crippen molar-refractivity contribution in [2.24, 2.45) is 7.05 Å². The molecule has 4 rings (SSSR count). The van der Waals surface area contributed by atoms with Crippen LogP contribution in [0, 0.1) is 0 Å². The number of benzene rings is 2. The molecular formula is C23H29N5O. The number of carbonyl (C=O) groups is 1. The van der Waals surface area contributed by atoms with Gasteiger partial charge in [0.25, 0.3) is 5.91 Å². The van der Waals surface area contributed by atoms with E-state index in [2.05, 4.69) is 33.7 Å². The molecule has 2 aromatic carbocycles. The van der Waals surface area contributed by atoms with Gasteiger partial charge in [-0.25, -0.2) is 4.98 Å². The summed E-state index contributed by atoms with van der Waals surface area (Å²) in [6.07, 6.45) is 0.934. The molecule has 3 aromatic rings. The van der Waals surface area contributed by atoms with Crippen LogP contribution >= 0.6 is 0 Å². The summed E-state index contributed by atoms with van der Waals surface area (Å²) in [6, 6.07) is 15.2. The SMILES string of the molecule is CCN1CCN(CCc2nc3cc(NC(=O)c4ccccc4)ccc3n2C)CC1. The number of hydrogen-bond acceptors (Lipinski definition) is 4. The van der Waals surface area contributed by atoms with Gasteiger partial charge in [-0.3, -0.25) is 4.79 Å². The van der Waals surface area contributed by atoms with E-state index < -0.39 is 0 Å².